The number of hydrogen-bond acceptors (Lipinski definition) is 4. The molecule has 1 aliphatic carbocycles. The van der Waals surface area contributed by atoms with Gasteiger partial charge in [0.1, 0.15) is 5.60 Å². The molecule has 26 heavy (non-hydrogen) atoms. The van der Waals surface area contributed by atoms with Crippen molar-refractivity contribution in [3.05, 3.63) is 56.1 Å². The minimum absolute atomic E-state index is 0.160. The number of aliphatic hydroxyl groups excluding tert-OH is 1. The normalized spacial score (nSPS) is 14.8. The monoisotopic (exact) mass is 494 g/mol. The molecule has 2 aromatic carbocycles. The van der Waals surface area contributed by atoms with Crippen molar-refractivity contribution >= 4 is 51.5 Å². The first-order chi connectivity index (χ1) is 12.3. The van der Waals surface area contributed by atoms with Crippen LogP contribution in [0.25, 0.3) is 0 Å². The zero-order chi connectivity index (χ0) is 18.9. The lowest BCUT2D eigenvalue weighted by Crippen LogP contribution is -2.33. The molecule has 5 nitrogen and oxygen atoms in total. The number of aliphatic hydroxyl groups is 1. The average Bonchev–Trinajstić information content (AvgIpc) is 3.39. The van der Waals surface area contributed by atoms with Gasteiger partial charge in [-0.1, -0.05) is 11.6 Å². The molecule has 0 heterocycles. The van der Waals surface area contributed by atoms with Gasteiger partial charge in [-0.3, -0.25) is 9.63 Å². The number of nitrogens with one attached hydrogen (secondary N) is 2. The Morgan fingerprint density at radius 2 is 2.04 bits per heavy atom. The Morgan fingerprint density at radius 1 is 1.31 bits per heavy atom. The maximum Gasteiger partial charge on any atom is 0.277 e. The van der Waals surface area contributed by atoms with E-state index in [4.69, 9.17) is 16.4 Å². The Morgan fingerprint density at radius 3 is 2.65 bits per heavy atom. The van der Waals surface area contributed by atoms with Gasteiger partial charge < -0.3 is 10.4 Å². The van der Waals surface area contributed by atoms with Gasteiger partial charge in [0.25, 0.3) is 5.91 Å². The fraction of sp³-hybridized carbons (Fsp3) is 0.235. The second-order valence-electron chi connectivity index (χ2n) is 5.91. The second kappa shape index (κ2) is 7.63. The van der Waals surface area contributed by atoms with Crippen LogP contribution in [0.1, 0.15) is 23.2 Å². The summed E-state index contributed by atoms with van der Waals surface area (Å²) in [6.07, 6.45) is 1.20. The number of carbonyl (C=O) groups excluding carboxylic acids is 1. The minimum Gasteiger partial charge on any atom is -0.393 e. The topological polar surface area (TPSA) is 70.6 Å². The van der Waals surface area contributed by atoms with Gasteiger partial charge in [0.05, 0.1) is 28.6 Å². The van der Waals surface area contributed by atoms with Crippen molar-refractivity contribution in [2.75, 3.05) is 11.9 Å². The van der Waals surface area contributed by atoms with Crippen LogP contribution < -0.4 is 10.8 Å². The van der Waals surface area contributed by atoms with E-state index < -0.39 is 23.1 Å². The highest BCUT2D eigenvalue weighted by atomic mass is 127. The van der Waals surface area contributed by atoms with Gasteiger partial charge in [0, 0.05) is 3.57 Å². The average molecular weight is 495 g/mol. The molecule has 138 valence electrons. The van der Waals surface area contributed by atoms with Gasteiger partial charge in [0.15, 0.2) is 11.6 Å². The standard InChI is InChI=1S/C17H14ClF2IN2O3/c18-11-7-9(21)1-4-13(11)22-15-10(2-3-12(19)14(15)20)16(25)23-26-17(8-24)5-6-17/h1-4,7,22,24H,5-6,8H2,(H,23,25). The Balaban J connectivity index is 1.88. The molecule has 0 aliphatic heterocycles. The highest BCUT2D eigenvalue weighted by Gasteiger charge is 2.45. The molecule has 0 spiro atoms. The van der Waals surface area contributed by atoms with Crippen LogP contribution in [0.3, 0.4) is 0 Å². The number of hydrogen-bond donors (Lipinski definition) is 3. The van der Waals surface area contributed by atoms with Crippen LogP contribution in [0.2, 0.25) is 5.02 Å². The molecule has 0 radical (unpaired) electrons. The Hall–Kier alpha value is -1.49. The number of carbonyl (C=O) groups is 1. The van der Waals surface area contributed by atoms with Gasteiger partial charge in [0.2, 0.25) is 0 Å². The maximum absolute atomic E-state index is 14.3. The Bertz CT molecular complexity index is 862. The van der Waals surface area contributed by atoms with Crippen molar-refractivity contribution in [3.63, 3.8) is 0 Å². The van der Waals surface area contributed by atoms with Crippen molar-refractivity contribution in [1.29, 1.82) is 0 Å². The second-order valence-corrected chi connectivity index (χ2v) is 7.56. The summed E-state index contributed by atoms with van der Waals surface area (Å²) in [4.78, 5) is 17.6. The number of amides is 1. The van der Waals surface area contributed by atoms with Gasteiger partial charge in [-0.2, -0.15) is 0 Å². The zero-order valence-corrected chi connectivity index (χ0v) is 16.2. The molecule has 0 aromatic heterocycles. The lowest BCUT2D eigenvalue weighted by molar-refractivity contribution is -0.0566. The number of anilines is 2. The predicted octanol–water partition coefficient (Wildman–Crippen LogP) is 4.15. The van der Waals surface area contributed by atoms with E-state index in [0.29, 0.717) is 23.6 Å². The van der Waals surface area contributed by atoms with Crippen molar-refractivity contribution in [3.8, 4) is 0 Å². The first kappa shape index (κ1) is 19.3. The third-order valence-corrected chi connectivity index (χ3v) is 4.97. The smallest absolute Gasteiger partial charge is 0.277 e. The summed E-state index contributed by atoms with van der Waals surface area (Å²) in [5.74, 6) is -3.09. The van der Waals surface area contributed by atoms with E-state index in [0.717, 1.165) is 15.7 Å². The van der Waals surface area contributed by atoms with Crippen molar-refractivity contribution in [1.82, 2.24) is 5.48 Å². The lowest BCUT2D eigenvalue weighted by Gasteiger charge is -2.17. The Labute approximate surface area is 166 Å². The molecule has 3 N–H and O–H groups in total. The van der Waals surface area contributed by atoms with Crippen LogP contribution in [0.15, 0.2) is 30.3 Å². The first-order valence-corrected chi connectivity index (χ1v) is 9.10. The minimum atomic E-state index is -1.21. The zero-order valence-electron chi connectivity index (χ0n) is 13.3. The molecular weight excluding hydrogens is 481 g/mol. The number of hydroxylamine groups is 1. The van der Waals surface area contributed by atoms with Gasteiger partial charge in [-0.25, -0.2) is 14.3 Å². The summed E-state index contributed by atoms with van der Waals surface area (Å²) >= 11 is 8.18. The molecular formula is C17H14ClF2IN2O3. The van der Waals surface area contributed by atoms with Crippen LogP contribution in [0.5, 0.6) is 0 Å². The summed E-state index contributed by atoms with van der Waals surface area (Å²) < 4.78 is 28.9. The highest BCUT2D eigenvalue weighted by Crippen LogP contribution is 2.38. The van der Waals surface area contributed by atoms with Crippen LogP contribution in [0.4, 0.5) is 20.2 Å². The third-order valence-electron chi connectivity index (χ3n) is 3.99. The lowest BCUT2D eigenvalue weighted by atomic mass is 10.1. The van der Waals surface area contributed by atoms with Crippen LogP contribution in [-0.2, 0) is 4.84 Å². The van der Waals surface area contributed by atoms with E-state index in [1.165, 1.54) is 0 Å². The maximum atomic E-state index is 14.3. The molecule has 1 aliphatic rings. The Kier molecular flexibility index (Phi) is 5.66. The summed E-state index contributed by atoms with van der Waals surface area (Å²) in [5, 5.41) is 12.2. The molecule has 1 amide bonds. The summed E-state index contributed by atoms with van der Waals surface area (Å²) in [6.45, 7) is -0.242. The fourth-order valence-electron chi connectivity index (χ4n) is 2.23. The van der Waals surface area contributed by atoms with Crippen LogP contribution in [0, 0.1) is 15.2 Å². The first-order valence-electron chi connectivity index (χ1n) is 7.64. The summed E-state index contributed by atoms with van der Waals surface area (Å²) in [5.41, 5.74) is 1.20. The number of benzene rings is 2. The van der Waals surface area contributed by atoms with Gasteiger partial charge in [-0.15, -0.1) is 0 Å². The van der Waals surface area contributed by atoms with E-state index in [1.807, 2.05) is 0 Å². The molecule has 3 rings (SSSR count). The van der Waals surface area contributed by atoms with Crippen LogP contribution >= 0.6 is 34.2 Å². The van der Waals surface area contributed by atoms with Crippen molar-refractivity contribution < 1.29 is 23.5 Å². The molecule has 2 aromatic rings. The quantitative estimate of drug-likeness (QED) is 0.417. The SMILES string of the molecule is O=C(NOC1(CO)CC1)c1ccc(F)c(F)c1Nc1ccc(I)cc1Cl. The molecule has 1 fully saturated rings. The van der Waals surface area contributed by atoms with E-state index in [1.54, 1.807) is 18.2 Å². The number of rotatable bonds is 6. The summed E-state index contributed by atoms with van der Waals surface area (Å²) in [6, 6.07) is 6.95. The predicted molar refractivity (Wildman–Crippen MR) is 101 cm³/mol. The van der Waals surface area contributed by atoms with E-state index in [9.17, 15) is 18.7 Å². The molecule has 0 bridgehead atoms. The van der Waals surface area contributed by atoms with Crippen molar-refractivity contribution in [2.45, 2.75) is 18.4 Å². The van der Waals surface area contributed by atoms with Gasteiger partial charge >= 0.3 is 0 Å². The molecule has 0 saturated heterocycles. The fourth-order valence-corrected chi connectivity index (χ4v) is 3.13. The largest absolute Gasteiger partial charge is 0.393 e. The van der Waals surface area contributed by atoms with Crippen LogP contribution in [-0.4, -0.2) is 23.2 Å². The molecule has 0 unspecified atom stereocenters. The van der Waals surface area contributed by atoms with Crippen molar-refractivity contribution in [2.24, 2.45) is 0 Å². The molecule has 0 atom stereocenters. The van der Waals surface area contributed by atoms with E-state index in [-0.39, 0.29) is 17.9 Å². The molecule has 1 saturated carbocycles. The highest BCUT2D eigenvalue weighted by molar-refractivity contribution is 14.1. The number of halogens is 4. The summed E-state index contributed by atoms with van der Waals surface area (Å²) in [7, 11) is 0. The van der Waals surface area contributed by atoms with E-state index >= 15 is 0 Å². The third kappa shape index (κ3) is 4.08. The van der Waals surface area contributed by atoms with E-state index in [2.05, 4.69) is 33.4 Å². The van der Waals surface area contributed by atoms with Gasteiger partial charge in [-0.05, 0) is 65.8 Å². The molecule has 9 heteroatoms.